The minimum Gasteiger partial charge on any atom is -0.497 e. The molecule has 0 spiro atoms. The van der Waals surface area contributed by atoms with Gasteiger partial charge in [-0.1, -0.05) is 12.1 Å². The van der Waals surface area contributed by atoms with E-state index in [1.165, 1.54) is 24.3 Å². The van der Waals surface area contributed by atoms with E-state index in [2.05, 4.69) is 0 Å². The van der Waals surface area contributed by atoms with Crippen LogP contribution in [0.25, 0.3) is 11.1 Å². The Balaban J connectivity index is 2.56. The fraction of sp³-hybridized carbons (Fsp3) is 0.0588. The molecule has 0 atom stereocenters. The number of methoxy groups -OCH3 is 1. The highest BCUT2D eigenvalue weighted by atomic mass is 19.1. The van der Waals surface area contributed by atoms with Gasteiger partial charge in [-0.25, -0.2) is 4.39 Å². The van der Waals surface area contributed by atoms with Crippen LogP contribution in [0.1, 0.15) is 11.1 Å². The summed E-state index contributed by atoms with van der Waals surface area (Å²) in [5, 5.41) is 18.7. The monoisotopic (exact) mass is 278 g/mol. The summed E-state index contributed by atoms with van der Waals surface area (Å²) in [6, 6.07) is 16.4. The van der Waals surface area contributed by atoms with Crippen LogP contribution in [-0.4, -0.2) is 7.11 Å². The van der Waals surface area contributed by atoms with Gasteiger partial charge < -0.3 is 4.74 Å². The molecule has 2 rings (SSSR count). The summed E-state index contributed by atoms with van der Waals surface area (Å²) in [6.45, 7) is 0. The van der Waals surface area contributed by atoms with E-state index in [1.807, 2.05) is 12.1 Å². The second-order valence-corrected chi connectivity index (χ2v) is 4.21. The van der Waals surface area contributed by atoms with Crippen LogP contribution < -0.4 is 4.74 Å². The predicted octanol–water partition coefficient (Wildman–Crippen LogP) is 3.79. The molecule has 0 aromatic heterocycles. The molecular weight excluding hydrogens is 267 g/mol. The summed E-state index contributed by atoms with van der Waals surface area (Å²) < 4.78 is 18.0. The molecule has 0 aliphatic carbocycles. The Morgan fingerprint density at radius 2 is 1.29 bits per heavy atom. The van der Waals surface area contributed by atoms with Gasteiger partial charge in [0.2, 0.25) is 0 Å². The van der Waals surface area contributed by atoms with Gasteiger partial charge in [0.15, 0.2) is 0 Å². The van der Waals surface area contributed by atoms with Crippen LogP contribution in [0.4, 0.5) is 4.39 Å². The van der Waals surface area contributed by atoms with Gasteiger partial charge in [0.1, 0.15) is 23.7 Å². The lowest BCUT2D eigenvalue weighted by molar-refractivity contribution is 0.415. The van der Waals surface area contributed by atoms with E-state index in [4.69, 9.17) is 4.74 Å². The highest BCUT2D eigenvalue weighted by Gasteiger charge is 2.11. The predicted molar refractivity (Wildman–Crippen MR) is 77.4 cm³/mol. The Bertz CT molecular complexity index is 747. The van der Waals surface area contributed by atoms with Crippen LogP contribution in [-0.2, 0) is 0 Å². The van der Waals surface area contributed by atoms with Crippen molar-refractivity contribution < 1.29 is 9.13 Å². The van der Waals surface area contributed by atoms with Crippen LogP contribution in [0.15, 0.2) is 48.5 Å². The number of allylic oxidation sites excluding steroid dienone is 2. The Morgan fingerprint density at radius 1 is 0.857 bits per heavy atom. The fourth-order valence-corrected chi connectivity index (χ4v) is 1.90. The van der Waals surface area contributed by atoms with E-state index < -0.39 is 0 Å². The summed E-state index contributed by atoms with van der Waals surface area (Å²) in [6.07, 6.45) is 0. The van der Waals surface area contributed by atoms with E-state index >= 15 is 0 Å². The van der Waals surface area contributed by atoms with Crippen molar-refractivity contribution in [3.63, 3.8) is 0 Å². The number of benzene rings is 2. The number of nitriles is 2. The maximum absolute atomic E-state index is 13.0. The third-order valence-corrected chi connectivity index (χ3v) is 2.99. The van der Waals surface area contributed by atoms with E-state index in [0.29, 0.717) is 16.9 Å². The third-order valence-electron chi connectivity index (χ3n) is 2.99. The lowest BCUT2D eigenvalue weighted by Gasteiger charge is -2.05. The number of hydrogen-bond donors (Lipinski definition) is 0. The zero-order valence-corrected chi connectivity index (χ0v) is 11.3. The Hall–Kier alpha value is -3.11. The molecule has 0 saturated carbocycles. The average molecular weight is 278 g/mol. The molecule has 21 heavy (non-hydrogen) atoms. The van der Waals surface area contributed by atoms with E-state index in [0.717, 1.165) is 0 Å². The average Bonchev–Trinajstić information content (AvgIpc) is 2.54. The van der Waals surface area contributed by atoms with Gasteiger partial charge in [0.05, 0.1) is 18.3 Å². The van der Waals surface area contributed by atoms with E-state index in [-0.39, 0.29) is 17.0 Å². The van der Waals surface area contributed by atoms with Gasteiger partial charge >= 0.3 is 0 Å². The van der Waals surface area contributed by atoms with Crippen molar-refractivity contribution in [1.29, 1.82) is 10.5 Å². The van der Waals surface area contributed by atoms with Crippen LogP contribution in [0.2, 0.25) is 0 Å². The summed E-state index contributed by atoms with van der Waals surface area (Å²) in [5.74, 6) is 0.273. The molecule has 0 fully saturated rings. The normalized spacial score (nSPS) is 11.0. The molecule has 4 heteroatoms. The van der Waals surface area contributed by atoms with Crippen molar-refractivity contribution in [3.05, 3.63) is 65.5 Å². The van der Waals surface area contributed by atoms with Crippen LogP contribution in [0.5, 0.6) is 5.75 Å². The highest BCUT2D eigenvalue weighted by molar-refractivity contribution is 6.02. The smallest absolute Gasteiger partial charge is 0.123 e. The molecule has 3 nitrogen and oxygen atoms in total. The molecular formula is C17H11FN2O. The first-order valence-corrected chi connectivity index (χ1v) is 6.14. The first-order valence-electron chi connectivity index (χ1n) is 6.14. The summed E-state index contributed by atoms with van der Waals surface area (Å²) in [7, 11) is 1.55. The topological polar surface area (TPSA) is 56.8 Å². The van der Waals surface area contributed by atoms with Crippen LogP contribution >= 0.6 is 0 Å². The Morgan fingerprint density at radius 3 is 1.67 bits per heavy atom. The van der Waals surface area contributed by atoms with E-state index in [9.17, 15) is 14.9 Å². The molecule has 102 valence electrons. The number of halogens is 1. The largest absolute Gasteiger partial charge is 0.497 e. The van der Waals surface area contributed by atoms with Crippen molar-refractivity contribution in [2.24, 2.45) is 0 Å². The molecule has 0 unspecified atom stereocenters. The maximum Gasteiger partial charge on any atom is 0.123 e. The van der Waals surface area contributed by atoms with Crippen molar-refractivity contribution in [2.75, 3.05) is 7.11 Å². The van der Waals surface area contributed by atoms with Gasteiger partial charge in [0, 0.05) is 0 Å². The van der Waals surface area contributed by atoms with Gasteiger partial charge in [-0.15, -0.1) is 0 Å². The van der Waals surface area contributed by atoms with Gasteiger partial charge in [-0.3, -0.25) is 0 Å². The minimum absolute atomic E-state index is 0.211. The van der Waals surface area contributed by atoms with Gasteiger partial charge in [-0.2, -0.15) is 10.5 Å². The van der Waals surface area contributed by atoms with Crippen molar-refractivity contribution in [3.8, 4) is 17.9 Å². The number of hydrogen-bond acceptors (Lipinski definition) is 3. The summed E-state index contributed by atoms with van der Waals surface area (Å²) >= 11 is 0. The lowest BCUT2D eigenvalue weighted by atomic mass is 9.96. The minimum atomic E-state index is -0.390. The first-order chi connectivity index (χ1) is 10.2. The van der Waals surface area contributed by atoms with Crippen LogP contribution in [0.3, 0.4) is 0 Å². The van der Waals surface area contributed by atoms with Crippen molar-refractivity contribution >= 4 is 11.1 Å². The molecule has 0 radical (unpaired) electrons. The molecule has 0 amide bonds. The zero-order valence-electron chi connectivity index (χ0n) is 11.3. The third kappa shape index (κ3) is 3.08. The van der Waals surface area contributed by atoms with E-state index in [1.54, 1.807) is 31.4 Å². The van der Waals surface area contributed by atoms with Crippen LogP contribution in [0, 0.1) is 28.5 Å². The molecule has 0 N–H and O–H groups in total. The molecule has 0 bridgehead atoms. The zero-order chi connectivity index (χ0) is 15.2. The number of ether oxygens (including phenoxy) is 1. The maximum atomic E-state index is 13.0. The lowest BCUT2D eigenvalue weighted by Crippen LogP contribution is -1.90. The summed E-state index contributed by atoms with van der Waals surface area (Å²) in [4.78, 5) is 0. The molecule has 2 aromatic rings. The van der Waals surface area contributed by atoms with Crippen molar-refractivity contribution in [2.45, 2.75) is 0 Å². The Kier molecular flexibility index (Phi) is 4.33. The molecule has 2 aromatic carbocycles. The summed E-state index contributed by atoms with van der Waals surface area (Å²) in [5.41, 5.74) is 1.57. The molecule has 0 saturated heterocycles. The molecule has 0 heterocycles. The molecule has 0 aliphatic rings. The second kappa shape index (κ2) is 6.36. The Labute approximate surface area is 122 Å². The standard InChI is InChI=1S/C17H11FN2O/c1-21-15-8-4-13(5-9-15)17(11-20)16(10-19)12-2-6-14(18)7-3-12/h2-9H,1H3/b17-16-. The fourth-order valence-electron chi connectivity index (χ4n) is 1.90. The SMILES string of the molecule is COc1ccc(/C(C#N)=C(/C#N)c2ccc(F)cc2)cc1. The number of nitrogens with zero attached hydrogens (tertiary/aromatic N) is 2. The first kappa shape index (κ1) is 14.3. The quantitative estimate of drug-likeness (QED) is 0.634. The highest BCUT2D eigenvalue weighted by Crippen LogP contribution is 2.27. The second-order valence-electron chi connectivity index (χ2n) is 4.21. The molecule has 0 aliphatic heterocycles. The van der Waals surface area contributed by atoms with Gasteiger partial charge in [0.25, 0.3) is 0 Å². The number of rotatable bonds is 3. The van der Waals surface area contributed by atoms with Crippen molar-refractivity contribution in [1.82, 2.24) is 0 Å². The van der Waals surface area contributed by atoms with Gasteiger partial charge in [-0.05, 0) is 47.5 Å².